The summed E-state index contributed by atoms with van der Waals surface area (Å²) in [6.07, 6.45) is 0. The fourth-order valence-corrected chi connectivity index (χ4v) is 3.85. The minimum Gasteiger partial charge on any atom is -0.486 e. The Balaban J connectivity index is 1.44. The third kappa shape index (κ3) is 3.62. The van der Waals surface area contributed by atoms with Gasteiger partial charge in [-0.15, -0.1) is 0 Å². The second kappa shape index (κ2) is 7.89. The zero-order valence-electron chi connectivity index (χ0n) is 15.0. The lowest BCUT2D eigenvalue weighted by Crippen LogP contribution is -2.50. The molecule has 2 aromatic rings. The molecule has 2 aromatic carbocycles. The Morgan fingerprint density at radius 1 is 0.821 bits per heavy atom. The molecule has 1 fully saturated rings. The molecule has 0 bridgehead atoms. The fourth-order valence-electron chi connectivity index (χ4n) is 3.36. The van der Waals surface area contributed by atoms with Gasteiger partial charge in [-0.05, 0) is 30.3 Å². The lowest BCUT2D eigenvalue weighted by molar-refractivity contribution is 0.0530. The summed E-state index contributed by atoms with van der Waals surface area (Å²) in [5, 5.41) is 0.804. The third-order valence-corrected chi connectivity index (χ3v) is 5.36. The number of rotatable bonds is 2. The molecule has 0 atom stereocenters. The van der Waals surface area contributed by atoms with E-state index in [1.165, 1.54) is 0 Å². The number of benzene rings is 2. The quantitative estimate of drug-likeness (QED) is 0.747. The smallest absolute Gasteiger partial charge is 0.257 e. The molecule has 2 aliphatic heterocycles. The van der Waals surface area contributed by atoms with E-state index in [9.17, 15) is 9.59 Å². The maximum atomic E-state index is 13.0. The predicted molar refractivity (Wildman–Crippen MR) is 106 cm³/mol. The Bertz CT molecular complexity index is 926. The number of nitrogens with zero attached hydrogens (tertiary/aromatic N) is 2. The fraction of sp³-hybridized carbons (Fsp3) is 0.300. The Morgan fingerprint density at radius 2 is 1.46 bits per heavy atom. The number of ether oxygens (including phenoxy) is 2. The molecule has 2 heterocycles. The molecule has 6 nitrogen and oxygen atoms in total. The van der Waals surface area contributed by atoms with E-state index in [1.54, 1.807) is 46.2 Å². The molecule has 0 saturated carbocycles. The van der Waals surface area contributed by atoms with Gasteiger partial charge in [0.25, 0.3) is 11.8 Å². The molecule has 0 spiro atoms. The van der Waals surface area contributed by atoms with Crippen molar-refractivity contribution >= 4 is 35.0 Å². The van der Waals surface area contributed by atoms with Crippen molar-refractivity contribution in [2.24, 2.45) is 0 Å². The van der Waals surface area contributed by atoms with Gasteiger partial charge in [-0.25, -0.2) is 0 Å². The highest BCUT2D eigenvalue weighted by atomic mass is 35.5. The number of carbonyl (C=O) groups is 2. The van der Waals surface area contributed by atoms with Crippen molar-refractivity contribution in [2.75, 3.05) is 39.4 Å². The van der Waals surface area contributed by atoms with Crippen LogP contribution in [0.25, 0.3) is 0 Å². The van der Waals surface area contributed by atoms with Crippen molar-refractivity contribution in [2.45, 2.75) is 0 Å². The molecule has 1 saturated heterocycles. The number of amides is 2. The third-order valence-electron chi connectivity index (χ3n) is 4.81. The van der Waals surface area contributed by atoms with Gasteiger partial charge in [0.1, 0.15) is 13.2 Å². The normalized spacial score (nSPS) is 16.1. The van der Waals surface area contributed by atoms with Crippen molar-refractivity contribution in [3.63, 3.8) is 0 Å². The second-order valence-electron chi connectivity index (χ2n) is 6.54. The summed E-state index contributed by atoms with van der Waals surface area (Å²) in [5.74, 6) is 0.787. The van der Waals surface area contributed by atoms with E-state index in [0.29, 0.717) is 72.1 Å². The summed E-state index contributed by atoms with van der Waals surface area (Å²) in [4.78, 5) is 29.1. The molecule has 146 valence electrons. The van der Waals surface area contributed by atoms with Crippen molar-refractivity contribution in [3.05, 3.63) is 57.6 Å². The van der Waals surface area contributed by atoms with Crippen LogP contribution in [0.15, 0.2) is 36.4 Å². The topological polar surface area (TPSA) is 59.1 Å². The van der Waals surface area contributed by atoms with Gasteiger partial charge in [-0.2, -0.15) is 0 Å². The van der Waals surface area contributed by atoms with Crippen LogP contribution in [0.1, 0.15) is 20.7 Å². The molecule has 2 aliphatic rings. The Morgan fingerprint density at radius 3 is 2.14 bits per heavy atom. The largest absolute Gasteiger partial charge is 0.486 e. The predicted octanol–water partition coefficient (Wildman–Crippen LogP) is 3.36. The zero-order chi connectivity index (χ0) is 19.7. The van der Waals surface area contributed by atoms with Crippen LogP contribution in [0.4, 0.5) is 0 Å². The van der Waals surface area contributed by atoms with Crippen LogP contribution in [0, 0.1) is 0 Å². The second-order valence-corrected chi connectivity index (χ2v) is 7.38. The van der Waals surface area contributed by atoms with Gasteiger partial charge in [-0.3, -0.25) is 9.59 Å². The van der Waals surface area contributed by atoms with Crippen molar-refractivity contribution in [3.8, 4) is 11.5 Å². The van der Waals surface area contributed by atoms with Crippen LogP contribution in [0.2, 0.25) is 10.0 Å². The molecule has 2 amide bonds. The van der Waals surface area contributed by atoms with Gasteiger partial charge in [0, 0.05) is 31.2 Å². The van der Waals surface area contributed by atoms with Gasteiger partial charge in [0.2, 0.25) is 0 Å². The monoisotopic (exact) mass is 420 g/mol. The van der Waals surface area contributed by atoms with E-state index in [0.717, 1.165) is 0 Å². The first-order chi connectivity index (χ1) is 13.5. The highest BCUT2D eigenvalue weighted by Gasteiger charge is 2.29. The number of para-hydroxylation sites is 1. The Kier molecular flexibility index (Phi) is 5.33. The lowest BCUT2D eigenvalue weighted by Gasteiger charge is -2.35. The van der Waals surface area contributed by atoms with Crippen molar-refractivity contribution in [1.29, 1.82) is 0 Å². The molecular formula is C20H18Cl2N2O4. The minimum atomic E-state index is -0.164. The number of hydrogen-bond acceptors (Lipinski definition) is 4. The Hall–Kier alpha value is -2.44. The highest BCUT2D eigenvalue weighted by molar-refractivity contribution is 6.36. The molecule has 0 aromatic heterocycles. The van der Waals surface area contributed by atoms with Gasteiger partial charge >= 0.3 is 0 Å². The van der Waals surface area contributed by atoms with E-state index in [-0.39, 0.29) is 11.8 Å². The molecule has 4 rings (SSSR count). The summed E-state index contributed by atoms with van der Waals surface area (Å²) in [5.41, 5.74) is 0.895. The van der Waals surface area contributed by atoms with Crippen LogP contribution >= 0.6 is 23.2 Å². The molecule has 0 unspecified atom stereocenters. The highest BCUT2D eigenvalue weighted by Crippen LogP contribution is 2.34. The first kappa shape index (κ1) is 18.9. The summed E-state index contributed by atoms with van der Waals surface area (Å²) < 4.78 is 11.2. The zero-order valence-corrected chi connectivity index (χ0v) is 16.5. The molecular weight excluding hydrogens is 403 g/mol. The first-order valence-electron chi connectivity index (χ1n) is 8.97. The van der Waals surface area contributed by atoms with Gasteiger partial charge in [-0.1, -0.05) is 29.3 Å². The van der Waals surface area contributed by atoms with Crippen LogP contribution in [-0.4, -0.2) is 61.0 Å². The molecule has 0 aliphatic carbocycles. The molecule has 28 heavy (non-hydrogen) atoms. The van der Waals surface area contributed by atoms with Crippen LogP contribution < -0.4 is 9.47 Å². The summed E-state index contributed by atoms with van der Waals surface area (Å²) in [7, 11) is 0. The van der Waals surface area contributed by atoms with Crippen LogP contribution in [-0.2, 0) is 0 Å². The number of fused-ring (bicyclic) bond motifs is 1. The van der Waals surface area contributed by atoms with E-state index in [2.05, 4.69) is 0 Å². The van der Waals surface area contributed by atoms with E-state index >= 15 is 0 Å². The number of carbonyl (C=O) groups excluding carboxylic acids is 2. The summed E-state index contributed by atoms with van der Waals surface area (Å²) in [6, 6.07) is 10.1. The van der Waals surface area contributed by atoms with Gasteiger partial charge in [0.15, 0.2) is 11.5 Å². The minimum absolute atomic E-state index is 0.126. The van der Waals surface area contributed by atoms with Crippen LogP contribution in [0.5, 0.6) is 11.5 Å². The maximum Gasteiger partial charge on any atom is 0.257 e. The number of hydrogen-bond donors (Lipinski definition) is 0. The maximum absolute atomic E-state index is 13.0. The summed E-state index contributed by atoms with van der Waals surface area (Å²) in [6.45, 7) is 2.60. The van der Waals surface area contributed by atoms with Crippen molar-refractivity contribution in [1.82, 2.24) is 9.80 Å². The molecule has 0 N–H and O–H groups in total. The van der Waals surface area contributed by atoms with Crippen LogP contribution in [0.3, 0.4) is 0 Å². The van der Waals surface area contributed by atoms with Gasteiger partial charge < -0.3 is 19.3 Å². The standard InChI is InChI=1S/C20H18Cl2N2O4/c21-13-4-5-14(16(22)12-13)19(25)23-6-8-24(9-7-23)20(26)15-2-1-3-17-18(15)28-11-10-27-17/h1-5,12H,6-11H2. The van der Waals surface area contributed by atoms with Crippen molar-refractivity contribution < 1.29 is 19.1 Å². The van der Waals surface area contributed by atoms with E-state index in [1.807, 2.05) is 0 Å². The number of piperazine rings is 1. The Labute approximate surface area is 172 Å². The molecule has 0 radical (unpaired) electrons. The number of halogens is 2. The average Bonchev–Trinajstić information content (AvgIpc) is 2.72. The lowest BCUT2D eigenvalue weighted by atomic mass is 10.1. The van der Waals surface area contributed by atoms with E-state index in [4.69, 9.17) is 32.7 Å². The first-order valence-corrected chi connectivity index (χ1v) is 9.72. The van der Waals surface area contributed by atoms with Gasteiger partial charge in [0.05, 0.1) is 16.1 Å². The average molecular weight is 421 g/mol. The molecule has 8 heteroatoms. The van der Waals surface area contributed by atoms with E-state index < -0.39 is 0 Å². The summed E-state index contributed by atoms with van der Waals surface area (Å²) >= 11 is 12.0. The SMILES string of the molecule is O=C(c1ccc(Cl)cc1Cl)N1CCN(C(=O)c2cccc3c2OCCO3)CC1.